The van der Waals surface area contributed by atoms with E-state index < -0.39 is 11.9 Å². The Bertz CT molecular complexity index is 990. The van der Waals surface area contributed by atoms with Crippen LogP contribution in [0.25, 0.3) is 0 Å². The van der Waals surface area contributed by atoms with Crippen molar-refractivity contribution in [3.05, 3.63) is 48.0 Å². The van der Waals surface area contributed by atoms with E-state index in [1.54, 1.807) is 31.4 Å². The fourth-order valence-corrected chi connectivity index (χ4v) is 4.11. The Morgan fingerprint density at radius 3 is 2.58 bits per heavy atom. The third-order valence-corrected chi connectivity index (χ3v) is 5.92. The lowest BCUT2D eigenvalue weighted by Crippen LogP contribution is -2.48. The molecule has 0 aromatic heterocycles. The summed E-state index contributed by atoms with van der Waals surface area (Å²) in [5.41, 5.74) is 1.74. The maximum Gasteiger partial charge on any atom is 0.308 e. The third kappa shape index (κ3) is 6.15. The molecular formula is C24H29N3O6. The number of methoxy groups -OCH3 is 1. The Labute approximate surface area is 192 Å². The van der Waals surface area contributed by atoms with Crippen LogP contribution in [0.2, 0.25) is 0 Å². The third-order valence-electron chi connectivity index (χ3n) is 5.92. The molecule has 4 rings (SSSR count). The second-order valence-electron chi connectivity index (χ2n) is 8.28. The first-order valence-corrected chi connectivity index (χ1v) is 11.0. The van der Waals surface area contributed by atoms with Crippen LogP contribution in [0, 0.1) is 5.92 Å². The minimum atomic E-state index is -0.960. The topological polar surface area (TPSA) is 101 Å². The zero-order valence-corrected chi connectivity index (χ0v) is 18.7. The number of nitrogens with one attached hydrogen (secondary N) is 1. The zero-order valence-electron chi connectivity index (χ0n) is 18.7. The molecule has 176 valence electrons. The van der Waals surface area contributed by atoms with Gasteiger partial charge in [-0.2, -0.15) is 0 Å². The Hall–Kier alpha value is -3.30. The average Bonchev–Trinajstić information content (AvgIpc) is 3.28. The number of rotatable bonds is 9. The molecule has 0 bridgehead atoms. The molecule has 1 atom stereocenters. The van der Waals surface area contributed by atoms with E-state index in [0.717, 1.165) is 49.8 Å². The van der Waals surface area contributed by atoms with Crippen molar-refractivity contribution >= 4 is 17.6 Å². The van der Waals surface area contributed by atoms with Gasteiger partial charge in [0.15, 0.2) is 11.5 Å². The van der Waals surface area contributed by atoms with Gasteiger partial charge in [-0.3, -0.25) is 19.4 Å². The van der Waals surface area contributed by atoms with E-state index in [4.69, 9.17) is 14.2 Å². The van der Waals surface area contributed by atoms with E-state index in [9.17, 15) is 14.7 Å². The van der Waals surface area contributed by atoms with E-state index in [-0.39, 0.29) is 19.1 Å². The molecule has 2 N–H and O–H groups in total. The van der Waals surface area contributed by atoms with Crippen LogP contribution in [0.15, 0.2) is 42.5 Å². The number of carboxylic acids is 1. The fraction of sp³-hybridized carbons (Fsp3) is 0.417. The van der Waals surface area contributed by atoms with Gasteiger partial charge in [0.2, 0.25) is 12.7 Å². The molecule has 9 nitrogen and oxygen atoms in total. The molecule has 1 unspecified atom stereocenters. The summed E-state index contributed by atoms with van der Waals surface area (Å²) in [5.74, 6) is 0.134. The Balaban J connectivity index is 1.25. The van der Waals surface area contributed by atoms with Gasteiger partial charge in [-0.1, -0.05) is 12.1 Å². The van der Waals surface area contributed by atoms with Gasteiger partial charge in [-0.05, 0) is 29.8 Å². The van der Waals surface area contributed by atoms with E-state index in [2.05, 4.69) is 15.1 Å². The van der Waals surface area contributed by atoms with Crippen molar-refractivity contribution in [3.63, 3.8) is 0 Å². The number of carboxylic acid groups (broad SMARTS) is 1. The number of anilines is 1. The number of amides is 1. The van der Waals surface area contributed by atoms with Crippen molar-refractivity contribution < 1.29 is 28.9 Å². The smallest absolute Gasteiger partial charge is 0.308 e. The summed E-state index contributed by atoms with van der Waals surface area (Å²) in [4.78, 5) is 28.7. The van der Waals surface area contributed by atoms with Crippen LogP contribution in [0.4, 0.5) is 5.69 Å². The molecule has 1 saturated heterocycles. The van der Waals surface area contributed by atoms with E-state index in [0.29, 0.717) is 18.0 Å². The van der Waals surface area contributed by atoms with Crippen LogP contribution in [-0.4, -0.2) is 73.4 Å². The van der Waals surface area contributed by atoms with E-state index in [1.165, 1.54) is 0 Å². The highest BCUT2D eigenvalue weighted by Gasteiger charge is 2.27. The highest BCUT2D eigenvalue weighted by molar-refractivity contribution is 5.93. The van der Waals surface area contributed by atoms with Gasteiger partial charge in [0.05, 0.1) is 13.0 Å². The number of ether oxygens (including phenoxy) is 3. The molecule has 1 amide bonds. The molecule has 2 aromatic rings. The molecule has 0 aliphatic carbocycles. The predicted molar refractivity (Wildman–Crippen MR) is 122 cm³/mol. The number of hydrogen-bond acceptors (Lipinski definition) is 7. The molecular weight excluding hydrogens is 426 g/mol. The quantitative estimate of drug-likeness (QED) is 0.594. The number of hydrogen-bond donors (Lipinski definition) is 2. The van der Waals surface area contributed by atoms with Crippen LogP contribution in [0.3, 0.4) is 0 Å². The lowest BCUT2D eigenvalue weighted by Gasteiger charge is -2.35. The largest absolute Gasteiger partial charge is 0.497 e. The van der Waals surface area contributed by atoms with E-state index >= 15 is 0 Å². The normalized spacial score (nSPS) is 16.9. The van der Waals surface area contributed by atoms with Gasteiger partial charge in [0.1, 0.15) is 5.75 Å². The van der Waals surface area contributed by atoms with Crippen molar-refractivity contribution in [3.8, 4) is 17.2 Å². The lowest BCUT2D eigenvalue weighted by molar-refractivity contribution is -0.144. The molecule has 33 heavy (non-hydrogen) atoms. The number of piperazine rings is 1. The van der Waals surface area contributed by atoms with Crippen LogP contribution in [-0.2, 0) is 16.1 Å². The second-order valence-corrected chi connectivity index (χ2v) is 8.28. The maximum atomic E-state index is 12.4. The number of nitrogens with zero attached hydrogens (tertiary/aromatic N) is 2. The van der Waals surface area contributed by atoms with Gasteiger partial charge < -0.3 is 24.6 Å². The van der Waals surface area contributed by atoms with Gasteiger partial charge in [0.25, 0.3) is 0 Å². The summed E-state index contributed by atoms with van der Waals surface area (Å²) in [5, 5.41) is 12.4. The number of fused-ring (bicyclic) bond motifs is 1. The minimum Gasteiger partial charge on any atom is -0.497 e. The first kappa shape index (κ1) is 22.9. The molecule has 2 aliphatic heterocycles. The summed E-state index contributed by atoms with van der Waals surface area (Å²) in [6.07, 6.45) is -0.0794. The fourth-order valence-electron chi connectivity index (χ4n) is 4.11. The van der Waals surface area contributed by atoms with Crippen molar-refractivity contribution in [2.45, 2.75) is 13.0 Å². The number of carbonyl (C=O) groups excluding carboxylic acids is 1. The first-order valence-electron chi connectivity index (χ1n) is 11.0. The summed E-state index contributed by atoms with van der Waals surface area (Å²) in [6, 6.07) is 13.0. The van der Waals surface area contributed by atoms with Crippen molar-refractivity contribution in [1.82, 2.24) is 9.80 Å². The van der Waals surface area contributed by atoms with Gasteiger partial charge >= 0.3 is 5.97 Å². The summed E-state index contributed by atoms with van der Waals surface area (Å²) in [6.45, 7) is 4.58. The lowest BCUT2D eigenvalue weighted by atomic mass is 10.0. The molecule has 2 heterocycles. The number of aliphatic carboxylic acids is 1. The Morgan fingerprint density at radius 2 is 1.82 bits per heavy atom. The van der Waals surface area contributed by atoms with Gasteiger partial charge in [-0.25, -0.2) is 0 Å². The molecule has 1 fully saturated rings. The molecule has 2 aliphatic rings. The van der Waals surface area contributed by atoms with E-state index in [1.807, 2.05) is 18.2 Å². The SMILES string of the molecule is COc1cccc(NC(=O)CC(CN2CCN(Cc3ccc4c(c3)OCO4)CC2)C(=O)O)c1. The van der Waals surface area contributed by atoms with Crippen LogP contribution < -0.4 is 19.5 Å². The summed E-state index contributed by atoms with van der Waals surface area (Å²) >= 11 is 0. The monoisotopic (exact) mass is 455 g/mol. The van der Waals surface area contributed by atoms with Gasteiger partial charge in [0, 0.05) is 57.4 Å². The standard InChI is InChI=1S/C24H29N3O6/c1-31-20-4-2-3-19(13-20)25-23(28)12-18(24(29)30)15-27-9-7-26(8-10-27)14-17-5-6-21-22(11-17)33-16-32-21/h2-6,11,13,18H,7-10,12,14-16H2,1H3,(H,25,28)(H,29,30). The van der Waals surface area contributed by atoms with Gasteiger partial charge in [-0.15, -0.1) is 0 Å². The van der Waals surface area contributed by atoms with Crippen molar-refractivity contribution in [2.75, 3.05) is 51.9 Å². The Kier molecular flexibility index (Phi) is 7.31. The summed E-state index contributed by atoms with van der Waals surface area (Å²) in [7, 11) is 1.55. The molecule has 0 spiro atoms. The van der Waals surface area contributed by atoms with Crippen LogP contribution in [0.5, 0.6) is 17.2 Å². The first-order chi connectivity index (χ1) is 16.0. The average molecular weight is 456 g/mol. The van der Waals surface area contributed by atoms with Crippen LogP contribution >= 0.6 is 0 Å². The number of carbonyl (C=O) groups is 2. The molecule has 9 heteroatoms. The molecule has 0 saturated carbocycles. The van der Waals surface area contributed by atoms with Crippen LogP contribution in [0.1, 0.15) is 12.0 Å². The highest BCUT2D eigenvalue weighted by atomic mass is 16.7. The molecule has 0 radical (unpaired) electrons. The number of benzene rings is 2. The van der Waals surface area contributed by atoms with Crippen molar-refractivity contribution in [1.29, 1.82) is 0 Å². The highest BCUT2D eigenvalue weighted by Crippen LogP contribution is 2.32. The van der Waals surface area contributed by atoms with Crippen molar-refractivity contribution in [2.24, 2.45) is 5.92 Å². The Morgan fingerprint density at radius 1 is 1.06 bits per heavy atom. The summed E-state index contributed by atoms with van der Waals surface area (Å²) < 4.78 is 16.0. The minimum absolute atomic E-state index is 0.0794. The predicted octanol–water partition coefficient (Wildman–Crippen LogP) is 2.27. The maximum absolute atomic E-state index is 12.4. The zero-order chi connectivity index (χ0) is 23.2. The second kappa shape index (κ2) is 10.5. The molecule has 2 aromatic carbocycles.